The van der Waals surface area contributed by atoms with Crippen molar-refractivity contribution in [2.45, 2.75) is 65.1 Å². The summed E-state index contributed by atoms with van der Waals surface area (Å²) in [6, 6.07) is 9.38. The van der Waals surface area contributed by atoms with Crippen LogP contribution in [0.4, 0.5) is 5.82 Å². The van der Waals surface area contributed by atoms with Crippen molar-refractivity contribution >= 4 is 28.9 Å². The van der Waals surface area contributed by atoms with Crippen LogP contribution in [0.5, 0.6) is 5.75 Å². The maximum absolute atomic E-state index is 12.1. The maximum Gasteiger partial charge on any atom is 0.298 e. The van der Waals surface area contributed by atoms with Crippen molar-refractivity contribution in [3.05, 3.63) is 77.6 Å². The van der Waals surface area contributed by atoms with E-state index in [1.807, 2.05) is 25.1 Å². The first-order valence-electron chi connectivity index (χ1n) is 13.8. The lowest BCUT2D eigenvalue weighted by molar-refractivity contribution is -0.125. The van der Waals surface area contributed by atoms with E-state index in [0.717, 1.165) is 22.3 Å². The zero-order valence-electron chi connectivity index (χ0n) is 25.1. The number of anilines is 1. The number of methoxy groups -OCH3 is 1. The summed E-state index contributed by atoms with van der Waals surface area (Å²) in [7, 11) is 1.58. The third-order valence-electron chi connectivity index (χ3n) is 7.47. The molecule has 42 heavy (non-hydrogen) atoms. The molecule has 0 amide bonds. The van der Waals surface area contributed by atoms with E-state index in [0.29, 0.717) is 46.7 Å². The van der Waals surface area contributed by atoms with E-state index in [1.54, 1.807) is 24.2 Å². The molecule has 0 radical (unpaired) electrons. The number of hydrogen-bond acceptors (Lipinski definition) is 9. The predicted octanol–water partition coefficient (Wildman–Crippen LogP) is 5.41. The Labute approximate surface area is 245 Å². The number of nitrogen functional groups attached to an aromatic ring is 1. The third-order valence-corrected chi connectivity index (χ3v) is 7.47. The van der Waals surface area contributed by atoms with Gasteiger partial charge in [0.2, 0.25) is 0 Å². The largest absolute Gasteiger partial charge is 0.495 e. The lowest BCUT2D eigenvalue weighted by Gasteiger charge is -2.42. The van der Waals surface area contributed by atoms with E-state index >= 15 is 0 Å². The molecule has 0 spiro atoms. The van der Waals surface area contributed by atoms with Crippen molar-refractivity contribution in [3.8, 4) is 17.0 Å². The number of nitrogens with zero attached hydrogens (tertiary/aromatic N) is 5. The van der Waals surface area contributed by atoms with Crippen LogP contribution in [0.3, 0.4) is 0 Å². The van der Waals surface area contributed by atoms with Gasteiger partial charge in [-0.2, -0.15) is 5.10 Å². The number of pyridine rings is 1. The number of aryl methyl sites for hydroxylation is 1. The van der Waals surface area contributed by atoms with Crippen molar-refractivity contribution in [2.24, 2.45) is 0 Å². The Bertz CT molecular complexity index is 1720. The van der Waals surface area contributed by atoms with Gasteiger partial charge in [0.25, 0.3) is 6.47 Å². The zero-order valence-corrected chi connectivity index (χ0v) is 25.1. The smallest absolute Gasteiger partial charge is 0.298 e. The number of nitrogens with two attached hydrogens (primary N) is 1. The van der Waals surface area contributed by atoms with Gasteiger partial charge in [-0.3, -0.25) is 9.78 Å². The molecule has 0 aliphatic carbocycles. The normalized spacial score (nSPS) is 17.3. The van der Waals surface area contributed by atoms with E-state index in [2.05, 4.69) is 73.1 Å². The average molecular weight is 568 g/mol. The Balaban J connectivity index is 1.81. The fraction of sp³-hybridized carbons (Fsp3) is 0.344. The first-order chi connectivity index (χ1) is 19.9. The van der Waals surface area contributed by atoms with Gasteiger partial charge in [-0.1, -0.05) is 30.3 Å². The molecule has 0 fully saturated rings. The van der Waals surface area contributed by atoms with Crippen molar-refractivity contribution in [3.63, 3.8) is 0 Å². The zero-order chi connectivity index (χ0) is 30.2. The van der Waals surface area contributed by atoms with Crippen LogP contribution >= 0.6 is 0 Å². The number of rotatable bonds is 8. The summed E-state index contributed by atoms with van der Waals surface area (Å²) in [6.07, 6.45) is 7.65. The second kappa shape index (κ2) is 11.0. The summed E-state index contributed by atoms with van der Waals surface area (Å²) in [5, 5.41) is 9.25. The molecule has 4 aromatic rings. The Hall–Kier alpha value is -4.57. The standard InChI is InChI=1S/C32H37N7O3/c1-19-10-8-9-11-24(19)25(22-13-31(3,4)38-32(5,6)14-22)28(42-18-40)20(2)39-30-26(29(33)35-17-36-30)27(37-39)21-12-23(41-7)16-34-15-21/h8-13,15-18,20,38H,14H2,1-7H3,(H2,33,35,36)/b28-25-. The Kier molecular flexibility index (Phi) is 7.59. The van der Waals surface area contributed by atoms with Crippen LogP contribution < -0.4 is 15.8 Å². The summed E-state index contributed by atoms with van der Waals surface area (Å²) < 4.78 is 13.1. The molecule has 1 aromatic carbocycles. The SMILES string of the molecule is COc1cncc(-c2nn(C(C)/C(OC=O)=C(\C3=CC(C)(C)NC(C)(C)C3)c3ccccc3C)c3ncnc(N)c23)c1. The number of aromatic nitrogens is 5. The summed E-state index contributed by atoms with van der Waals surface area (Å²) in [5.74, 6) is 1.31. The van der Waals surface area contributed by atoms with Gasteiger partial charge in [0, 0.05) is 28.4 Å². The fourth-order valence-electron chi connectivity index (χ4n) is 6.05. The quantitative estimate of drug-likeness (QED) is 0.212. The number of fused-ring (bicyclic) bond motifs is 1. The van der Waals surface area contributed by atoms with E-state index in [4.69, 9.17) is 20.3 Å². The first kappa shape index (κ1) is 28.9. The second-order valence-electron chi connectivity index (χ2n) is 11.9. The van der Waals surface area contributed by atoms with E-state index in [1.165, 1.54) is 6.33 Å². The van der Waals surface area contributed by atoms with Crippen molar-refractivity contribution in [1.29, 1.82) is 0 Å². The Morgan fingerprint density at radius 2 is 1.93 bits per heavy atom. The highest BCUT2D eigenvalue weighted by Gasteiger charge is 2.36. The number of benzene rings is 1. The Morgan fingerprint density at radius 3 is 2.62 bits per heavy atom. The molecule has 0 saturated carbocycles. The molecule has 1 aliphatic rings. The van der Waals surface area contributed by atoms with E-state index in [-0.39, 0.29) is 16.9 Å². The molecular formula is C32H37N7O3. The highest BCUT2D eigenvalue weighted by molar-refractivity contribution is 5.98. The lowest BCUT2D eigenvalue weighted by atomic mass is 9.78. The number of allylic oxidation sites excluding steroid dienone is 2. The van der Waals surface area contributed by atoms with Gasteiger partial charge in [0.05, 0.1) is 18.7 Å². The monoisotopic (exact) mass is 567 g/mol. The molecule has 218 valence electrons. The summed E-state index contributed by atoms with van der Waals surface area (Å²) in [6.45, 7) is 13.1. The van der Waals surface area contributed by atoms with Crippen LogP contribution in [-0.4, -0.2) is 49.4 Å². The first-order valence-corrected chi connectivity index (χ1v) is 13.8. The summed E-state index contributed by atoms with van der Waals surface area (Å²) in [4.78, 5) is 25.2. The molecule has 10 heteroatoms. The number of hydrogen-bond donors (Lipinski definition) is 2. The molecule has 1 unspecified atom stereocenters. The van der Waals surface area contributed by atoms with Crippen LogP contribution in [0.1, 0.15) is 58.2 Å². The van der Waals surface area contributed by atoms with Crippen LogP contribution in [0, 0.1) is 6.92 Å². The molecule has 4 heterocycles. The molecule has 3 aromatic heterocycles. The van der Waals surface area contributed by atoms with Crippen LogP contribution in [0.25, 0.3) is 27.9 Å². The minimum atomic E-state index is -0.559. The topological polar surface area (TPSA) is 130 Å². The minimum Gasteiger partial charge on any atom is -0.495 e. The van der Waals surface area contributed by atoms with E-state index < -0.39 is 6.04 Å². The lowest BCUT2D eigenvalue weighted by Crippen LogP contribution is -2.54. The Morgan fingerprint density at radius 1 is 1.17 bits per heavy atom. The van der Waals surface area contributed by atoms with Gasteiger partial charge in [-0.15, -0.1) is 0 Å². The molecule has 3 N–H and O–H groups in total. The van der Waals surface area contributed by atoms with Gasteiger partial charge < -0.3 is 20.5 Å². The van der Waals surface area contributed by atoms with Gasteiger partial charge in [-0.05, 0) is 70.7 Å². The molecule has 10 nitrogen and oxygen atoms in total. The van der Waals surface area contributed by atoms with Gasteiger partial charge in [0.1, 0.15) is 35.4 Å². The summed E-state index contributed by atoms with van der Waals surface area (Å²) >= 11 is 0. The second-order valence-corrected chi connectivity index (χ2v) is 11.9. The van der Waals surface area contributed by atoms with Gasteiger partial charge in [-0.25, -0.2) is 14.6 Å². The van der Waals surface area contributed by atoms with Gasteiger partial charge in [0.15, 0.2) is 5.65 Å². The predicted molar refractivity (Wildman–Crippen MR) is 163 cm³/mol. The molecular weight excluding hydrogens is 530 g/mol. The third kappa shape index (κ3) is 5.49. The number of carbonyl (C=O) groups is 1. The molecule has 0 bridgehead atoms. The van der Waals surface area contributed by atoms with Crippen molar-refractivity contribution < 1.29 is 14.3 Å². The fourth-order valence-corrected chi connectivity index (χ4v) is 6.05. The number of nitrogens with one attached hydrogen (secondary N) is 1. The summed E-state index contributed by atoms with van der Waals surface area (Å²) in [5.41, 5.74) is 11.6. The van der Waals surface area contributed by atoms with Crippen LogP contribution in [0.2, 0.25) is 0 Å². The number of ether oxygens (including phenoxy) is 2. The highest BCUT2D eigenvalue weighted by Crippen LogP contribution is 2.42. The van der Waals surface area contributed by atoms with Crippen LogP contribution in [0.15, 0.2) is 66.5 Å². The molecule has 0 saturated heterocycles. The van der Waals surface area contributed by atoms with Crippen molar-refractivity contribution in [2.75, 3.05) is 12.8 Å². The molecule has 1 aliphatic heterocycles. The van der Waals surface area contributed by atoms with Crippen LogP contribution in [-0.2, 0) is 9.53 Å². The molecule has 1 atom stereocenters. The molecule has 5 rings (SSSR count). The average Bonchev–Trinajstić information content (AvgIpc) is 3.33. The minimum absolute atomic E-state index is 0.205. The maximum atomic E-state index is 12.1. The number of carbonyl (C=O) groups excluding carboxylic acids is 1. The highest BCUT2D eigenvalue weighted by atomic mass is 16.5. The van der Waals surface area contributed by atoms with E-state index in [9.17, 15) is 4.79 Å². The van der Waals surface area contributed by atoms with Crippen molar-refractivity contribution in [1.82, 2.24) is 30.0 Å². The van der Waals surface area contributed by atoms with Gasteiger partial charge >= 0.3 is 0 Å².